The molecule has 0 aromatic carbocycles. The van der Waals surface area contributed by atoms with Gasteiger partial charge in [0.25, 0.3) is 0 Å². The largest absolute Gasteiger partial charge is 0.400 e. The predicted molar refractivity (Wildman–Crippen MR) is 64.7 cm³/mol. The molecule has 0 atom stereocenters. The Bertz CT molecular complexity index is 301. The number of rotatable bonds is 8. The topological polar surface area (TPSA) is 87.6 Å². The van der Waals surface area contributed by atoms with Crippen LogP contribution in [0.15, 0.2) is 25.3 Å². The zero-order chi connectivity index (χ0) is 11.9. The van der Waals surface area contributed by atoms with Crippen LogP contribution in [-0.4, -0.2) is 21.1 Å². The van der Waals surface area contributed by atoms with E-state index in [1.807, 2.05) is 6.92 Å². The van der Waals surface area contributed by atoms with E-state index in [0.717, 1.165) is 7.11 Å². The van der Waals surface area contributed by atoms with Gasteiger partial charge in [0.15, 0.2) is 0 Å². The Balaban J connectivity index is 0. The van der Waals surface area contributed by atoms with Gasteiger partial charge in [0, 0.05) is 0 Å². The lowest BCUT2D eigenvalue weighted by atomic mass is 9.93. The first-order valence-electron chi connectivity index (χ1n) is 4.68. The maximum Gasteiger partial charge on any atom is 0.400 e. The summed E-state index contributed by atoms with van der Waals surface area (Å²) >= 11 is 0. The van der Waals surface area contributed by atoms with Crippen molar-refractivity contribution in [2.45, 2.75) is 31.8 Å². The van der Waals surface area contributed by atoms with Crippen molar-refractivity contribution in [3.8, 4) is 0 Å². The third-order valence-electron chi connectivity index (χ3n) is 2.16. The molecule has 0 aromatic rings. The Hall–Kier alpha value is -0.690. The quantitative estimate of drug-likeness (QED) is 0.669. The van der Waals surface area contributed by atoms with Crippen LogP contribution in [0, 0.1) is 0 Å². The Morgan fingerprint density at radius 1 is 1.25 bits per heavy atom. The molecule has 0 unspecified atom stereocenters. The van der Waals surface area contributed by atoms with Crippen molar-refractivity contribution >= 4 is 10.4 Å². The van der Waals surface area contributed by atoms with E-state index in [2.05, 4.69) is 17.3 Å². The lowest BCUT2D eigenvalue weighted by molar-refractivity contribution is 0.0591. The van der Waals surface area contributed by atoms with E-state index in [1.54, 1.807) is 12.2 Å². The van der Waals surface area contributed by atoms with Gasteiger partial charge in [-0.15, -0.1) is 13.2 Å². The predicted octanol–water partition coefficient (Wildman–Crippen LogP) is 2.36. The van der Waals surface area contributed by atoms with Crippen LogP contribution in [-0.2, 0) is 18.8 Å². The minimum atomic E-state index is -3.93. The second kappa shape index (κ2) is 7.56. The van der Waals surface area contributed by atoms with Crippen molar-refractivity contribution in [1.29, 1.82) is 0 Å². The molecular weight excluding hydrogens is 230 g/mol. The molecule has 0 aliphatic heterocycles. The van der Waals surface area contributed by atoms with Crippen LogP contribution < -0.4 is 6.15 Å². The summed E-state index contributed by atoms with van der Waals surface area (Å²) in [4.78, 5) is 0. The molecule has 0 fully saturated rings. The van der Waals surface area contributed by atoms with E-state index in [4.69, 9.17) is 4.18 Å². The summed E-state index contributed by atoms with van der Waals surface area (Å²) in [5.74, 6) is 0. The van der Waals surface area contributed by atoms with Gasteiger partial charge in [0.05, 0.1) is 12.7 Å². The molecule has 0 radical (unpaired) electrons. The molecule has 0 spiro atoms. The fraction of sp³-hybridized carbons (Fsp3) is 0.600. The summed E-state index contributed by atoms with van der Waals surface area (Å²) in [6, 6.07) is 0. The number of hydrogen-bond acceptors (Lipinski definition) is 5. The first-order chi connectivity index (χ1) is 6.95. The van der Waals surface area contributed by atoms with Crippen LogP contribution >= 0.6 is 0 Å². The average molecular weight is 251 g/mol. The van der Waals surface area contributed by atoms with Gasteiger partial charge >= 0.3 is 10.4 Å². The number of hydrogen-bond donors (Lipinski definition) is 1. The van der Waals surface area contributed by atoms with Crippen molar-refractivity contribution in [3.05, 3.63) is 25.3 Å². The van der Waals surface area contributed by atoms with Gasteiger partial charge in [-0.25, -0.2) is 4.18 Å². The molecule has 16 heavy (non-hydrogen) atoms. The second-order valence-electron chi connectivity index (χ2n) is 3.18. The molecular formula is C10H21NO4S. The minimum absolute atomic E-state index is 0. The third-order valence-corrected chi connectivity index (χ3v) is 3.13. The standard InChI is InChI=1S/C10H18O4S.H3N/c1-5-8-10(7-3,9-6-2)14-15(11,12)13-4;/h5-6H,1-2,7-9H2,3-4H3;1H3. The van der Waals surface area contributed by atoms with E-state index in [-0.39, 0.29) is 6.15 Å². The van der Waals surface area contributed by atoms with Gasteiger partial charge in [-0.1, -0.05) is 19.1 Å². The summed E-state index contributed by atoms with van der Waals surface area (Å²) in [6.45, 7) is 9.01. The molecule has 0 amide bonds. The van der Waals surface area contributed by atoms with Gasteiger partial charge in [0.1, 0.15) is 0 Å². The zero-order valence-electron chi connectivity index (χ0n) is 9.94. The van der Waals surface area contributed by atoms with Crippen molar-refractivity contribution in [2.75, 3.05) is 7.11 Å². The summed E-state index contributed by atoms with van der Waals surface area (Å²) in [5, 5.41) is 0. The normalized spacial score (nSPS) is 11.6. The SMILES string of the molecule is C=CCC(CC)(CC=C)OS(=O)(=O)OC.N. The molecule has 0 saturated carbocycles. The van der Waals surface area contributed by atoms with Gasteiger partial charge in [-0.2, -0.15) is 8.42 Å². The van der Waals surface area contributed by atoms with E-state index in [9.17, 15) is 8.42 Å². The highest BCUT2D eigenvalue weighted by Gasteiger charge is 2.32. The van der Waals surface area contributed by atoms with Crippen molar-refractivity contribution in [3.63, 3.8) is 0 Å². The third kappa shape index (κ3) is 5.41. The summed E-state index contributed by atoms with van der Waals surface area (Å²) in [6.07, 6.45) is 4.64. The summed E-state index contributed by atoms with van der Waals surface area (Å²) < 4.78 is 31.7. The fourth-order valence-corrected chi connectivity index (χ4v) is 2.03. The van der Waals surface area contributed by atoms with Gasteiger partial charge < -0.3 is 6.15 Å². The van der Waals surface area contributed by atoms with Gasteiger partial charge in [0.2, 0.25) is 0 Å². The van der Waals surface area contributed by atoms with Crippen LogP contribution in [0.1, 0.15) is 26.2 Å². The first kappa shape index (κ1) is 17.7. The van der Waals surface area contributed by atoms with E-state index >= 15 is 0 Å². The van der Waals surface area contributed by atoms with Crippen LogP contribution in [0.5, 0.6) is 0 Å². The summed E-state index contributed by atoms with van der Waals surface area (Å²) in [7, 11) is -2.86. The molecule has 0 aromatic heterocycles. The lowest BCUT2D eigenvalue weighted by Crippen LogP contribution is -2.34. The Kier molecular flexibility index (Phi) is 8.36. The van der Waals surface area contributed by atoms with E-state index < -0.39 is 16.0 Å². The van der Waals surface area contributed by atoms with Gasteiger partial charge in [-0.3, -0.25) is 4.18 Å². The maximum absolute atomic E-state index is 11.2. The van der Waals surface area contributed by atoms with Crippen LogP contribution in [0.25, 0.3) is 0 Å². The maximum atomic E-state index is 11.2. The van der Waals surface area contributed by atoms with E-state index in [1.165, 1.54) is 0 Å². The molecule has 3 N–H and O–H groups in total. The second-order valence-corrected chi connectivity index (χ2v) is 4.50. The van der Waals surface area contributed by atoms with E-state index in [0.29, 0.717) is 19.3 Å². The molecule has 0 bridgehead atoms. The fourth-order valence-electron chi connectivity index (χ4n) is 1.28. The minimum Gasteiger partial charge on any atom is -0.344 e. The molecule has 96 valence electrons. The first-order valence-corrected chi connectivity index (χ1v) is 6.01. The highest BCUT2D eigenvalue weighted by atomic mass is 32.3. The molecule has 0 rings (SSSR count). The van der Waals surface area contributed by atoms with Crippen molar-refractivity contribution in [2.24, 2.45) is 0 Å². The monoisotopic (exact) mass is 251 g/mol. The Morgan fingerprint density at radius 3 is 1.94 bits per heavy atom. The lowest BCUT2D eigenvalue weighted by Gasteiger charge is -2.29. The molecule has 0 aliphatic carbocycles. The smallest absolute Gasteiger partial charge is 0.344 e. The summed E-state index contributed by atoms with van der Waals surface area (Å²) in [5.41, 5.74) is -0.821. The molecule has 0 aliphatic rings. The van der Waals surface area contributed by atoms with Crippen LogP contribution in [0.2, 0.25) is 0 Å². The molecule has 5 nitrogen and oxygen atoms in total. The molecule has 0 saturated heterocycles. The van der Waals surface area contributed by atoms with Gasteiger partial charge in [-0.05, 0) is 19.3 Å². The highest BCUT2D eigenvalue weighted by molar-refractivity contribution is 7.81. The molecule has 6 heteroatoms. The van der Waals surface area contributed by atoms with Crippen molar-refractivity contribution < 1.29 is 16.8 Å². The zero-order valence-corrected chi connectivity index (χ0v) is 10.8. The van der Waals surface area contributed by atoms with Crippen molar-refractivity contribution in [1.82, 2.24) is 6.15 Å². The average Bonchev–Trinajstić information content (AvgIpc) is 2.18. The Labute approximate surface area is 98.1 Å². The van der Waals surface area contributed by atoms with Crippen LogP contribution in [0.3, 0.4) is 0 Å². The highest BCUT2D eigenvalue weighted by Crippen LogP contribution is 2.28. The molecule has 0 heterocycles. The Morgan fingerprint density at radius 2 is 1.69 bits per heavy atom. The van der Waals surface area contributed by atoms with Crippen LogP contribution in [0.4, 0.5) is 0 Å².